The van der Waals surface area contributed by atoms with Crippen LogP contribution in [-0.2, 0) is 16.0 Å². The Morgan fingerprint density at radius 3 is 2.38 bits per heavy atom. The second kappa shape index (κ2) is 6.16. The molecule has 0 atom stereocenters. The van der Waals surface area contributed by atoms with Crippen LogP contribution in [0, 0.1) is 0 Å². The zero-order valence-electron chi connectivity index (χ0n) is 10.2. The van der Waals surface area contributed by atoms with Crippen molar-refractivity contribution in [1.82, 2.24) is 0 Å². The van der Waals surface area contributed by atoms with Gasteiger partial charge in [0.05, 0.1) is 6.61 Å². The van der Waals surface area contributed by atoms with E-state index in [2.05, 4.69) is 19.1 Å². The number of rotatable bonds is 5. The van der Waals surface area contributed by atoms with Gasteiger partial charge in [-0.25, -0.2) is 0 Å². The highest BCUT2D eigenvalue weighted by Gasteiger charge is 2.07. The van der Waals surface area contributed by atoms with Crippen molar-refractivity contribution in [1.29, 1.82) is 0 Å². The van der Waals surface area contributed by atoms with E-state index in [-0.39, 0.29) is 5.97 Å². The van der Waals surface area contributed by atoms with E-state index in [0.717, 1.165) is 12.1 Å². The summed E-state index contributed by atoms with van der Waals surface area (Å²) in [4.78, 5) is 13.2. The standard InChI is InChI=1S/C13H19NO2/c1-4-11-6-8-12(9-7-11)14(3)10-13(15)16-5-2/h6-9H,4-5,10H2,1-3H3. The predicted molar refractivity (Wildman–Crippen MR) is 65.7 cm³/mol. The number of benzene rings is 1. The first-order chi connectivity index (χ1) is 7.67. The largest absolute Gasteiger partial charge is 0.465 e. The van der Waals surface area contributed by atoms with Gasteiger partial charge in [0.25, 0.3) is 0 Å². The van der Waals surface area contributed by atoms with Gasteiger partial charge in [0.15, 0.2) is 0 Å². The van der Waals surface area contributed by atoms with Crippen molar-refractivity contribution in [3.63, 3.8) is 0 Å². The Morgan fingerprint density at radius 2 is 1.88 bits per heavy atom. The molecule has 0 fully saturated rings. The van der Waals surface area contributed by atoms with E-state index in [4.69, 9.17) is 4.74 Å². The highest BCUT2D eigenvalue weighted by Crippen LogP contribution is 2.13. The van der Waals surface area contributed by atoms with Crippen LogP contribution >= 0.6 is 0 Å². The van der Waals surface area contributed by atoms with Crippen LogP contribution in [0.2, 0.25) is 0 Å². The molecule has 16 heavy (non-hydrogen) atoms. The fraction of sp³-hybridized carbons (Fsp3) is 0.462. The Balaban J connectivity index is 2.58. The number of hydrogen-bond donors (Lipinski definition) is 0. The van der Waals surface area contributed by atoms with Crippen molar-refractivity contribution >= 4 is 11.7 Å². The van der Waals surface area contributed by atoms with E-state index in [1.165, 1.54) is 5.56 Å². The van der Waals surface area contributed by atoms with Crippen LogP contribution in [0.25, 0.3) is 0 Å². The third kappa shape index (κ3) is 3.57. The summed E-state index contributed by atoms with van der Waals surface area (Å²) in [5, 5.41) is 0. The first kappa shape index (κ1) is 12.6. The summed E-state index contributed by atoms with van der Waals surface area (Å²) in [6.07, 6.45) is 1.03. The third-order valence-corrected chi connectivity index (χ3v) is 2.46. The van der Waals surface area contributed by atoms with Crippen LogP contribution in [0.3, 0.4) is 0 Å². The molecular formula is C13H19NO2. The molecule has 0 amide bonds. The number of esters is 1. The Bertz CT molecular complexity index is 332. The molecule has 88 valence electrons. The fourth-order valence-corrected chi connectivity index (χ4v) is 1.48. The molecule has 0 unspecified atom stereocenters. The molecule has 0 heterocycles. The second-order valence-electron chi connectivity index (χ2n) is 3.68. The van der Waals surface area contributed by atoms with Gasteiger partial charge in [-0.3, -0.25) is 4.79 Å². The zero-order valence-corrected chi connectivity index (χ0v) is 10.2. The lowest BCUT2D eigenvalue weighted by Gasteiger charge is -2.18. The van der Waals surface area contributed by atoms with Gasteiger partial charge in [0.2, 0.25) is 0 Å². The van der Waals surface area contributed by atoms with Crippen molar-refractivity contribution in [3.8, 4) is 0 Å². The van der Waals surface area contributed by atoms with Gasteiger partial charge in [-0.05, 0) is 31.0 Å². The SMILES string of the molecule is CCOC(=O)CN(C)c1ccc(CC)cc1. The lowest BCUT2D eigenvalue weighted by molar-refractivity contribution is -0.141. The highest BCUT2D eigenvalue weighted by molar-refractivity contribution is 5.75. The zero-order chi connectivity index (χ0) is 12.0. The molecule has 0 aliphatic rings. The molecule has 0 bridgehead atoms. The Labute approximate surface area is 97.0 Å². The highest BCUT2D eigenvalue weighted by atomic mass is 16.5. The van der Waals surface area contributed by atoms with Crippen molar-refractivity contribution < 1.29 is 9.53 Å². The molecule has 0 aliphatic heterocycles. The van der Waals surface area contributed by atoms with Crippen molar-refractivity contribution in [3.05, 3.63) is 29.8 Å². The number of likely N-dealkylation sites (N-methyl/N-ethyl adjacent to an activating group) is 1. The van der Waals surface area contributed by atoms with Gasteiger partial charge >= 0.3 is 5.97 Å². The minimum absolute atomic E-state index is 0.190. The molecule has 0 spiro atoms. The summed E-state index contributed by atoms with van der Waals surface area (Å²) in [5.41, 5.74) is 2.33. The van der Waals surface area contributed by atoms with E-state index in [0.29, 0.717) is 13.2 Å². The average Bonchev–Trinajstić information content (AvgIpc) is 2.29. The quantitative estimate of drug-likeness (QED) is 0.714. The van der Waals surface area contributed by atoms with Gasteiger partial charge in [0, 0.05) is 12.7 Å². The van der Waals surface area contributed by atoms with Crippen molar-refractivity contribution in [2.75, 3.05) is 25.1 Å². The summed E-state index contributed by atoms with van der Waals surface area (Å²) < 4.78 is 4.90. The number of carbonyl (C=O) groups is 1. The minimum Gasteiger partial charge on any atom is -0.465 e. The monoisotopic (exact) mass is 221 g/mol. The van der Waals surface area contributed by atoms with Gasteiger partial charge in [-0.1, -0.05) is 19.1 Å². The van der Waals surface area contributed by atoms with E-state index in [1.54, 1.807) is 0 Å². The Morgan fingerprint density at radius 1 is 1.25 bits per heavy atom. The van der Waals surface area contributed by atoms with Crippen LogP contribution in [0.4, 0.5) is 5.69 Å². The number of hydrogen-bond acceptors (Lipinski definition) is 3. The van der Waals surface area contributed by atoms with E-state index >= 15 is 0 Å². The van der Waals surface area contributed by atoms with E-state index < -0.39 is 0 Å². The van der Waals surface area contributed by atoms with Crippen LogP contribution in [0.1, 0.15) is 19.4 Å². The third-order valence-electron chi connectivity index (χ3n) is 2.46. The second-order valence-corrected chi connectivity index (χ2v) is 3.68. The summed E-state index contributed by atoms with van der Waals surface area (Å²) >= 11 is 0. The van der Waals surface area contributed by atoms with Crippen molar-refractivity contribution in [2.24, 2.45) is 0 Å². The van der Waals surface area contributed by atoms with Crippen LogP contribution in [0.15, 0.2) is 24.3 Å². The molecule has 0 radical (unpaired) electrons. The van der Waals surface area contributed by atoms with Gasteiger partial charge in [0.1, 0.15) is 6.54 Å². The van der Waals surface area contributed by atoms with Gasteiger partial charge in [-0.2, -0.15) is 0 Å². The summed E-state index contributed by atoms with van der Waals surface area (Å²) in [7, 11) is 1.89. The van der Waals surface area contributed by atoms with E-state index in [1.807, 2.05) is 31.0 Å². The maximum absolute atomic E-state index is 11.3. The molecule has 3 nitrogen and oxygen atoms in total. The summed E-state index contributed by atoms with van der Waals surface area (Å²) in [5.74, 6) is -0.190. The molecule has 0 aliphatic carbocycles. The number of ether oxygens (including phenoxy) is 1. The fourth-order valence-electron chi connectivity index (χ4n) is 1.48. The molecular weight excluding hydrogens is 202 g/mol. The van der Waals surface area contributed by atoms with Crippen LogP contribution in [-0.4, -0.2) is 26.2 Å². The summed E-state index contributed by atoms with van der Waals surface area (Å²) in [6.45, 7) is 4.66. The smallest absolute Gasteiger partial charge is 0.325 e. The molecule has 0 saturated carbocycles. The molecule has 0 aromatic heterocycles. The maximum Gasteiger partial charge on any atom is 0.325 e. The minimum atomic E-state index is -0.190. The molecule has 0 N–H and O–H groups in total. The van der Waals surface area contributed by atoms with Crippen molar-refractivity contribution in [2.45, 2.75) is 20.3 Å². The molecule has 1 aromatic rings. The molecule has 1 aromatic carbocycles. The lowest BCUT2D eigenvalue weighted by atomic mass is 10.1. The maximum atomic E-state index is 11.3. The topological polar surface area (TPSA) is 29.5 Å². The first-order valence-electron chi connectivity index (χ1n) is 5.63. The average molecular weight is 221 g/mol. The Hall–Kier alpha value is -1.51. The van der Waals surface area contributed by atoms with Gasteiger partial charge in [-0.15, -0.1) is 0 Å². The predicted octanol–water partition coefficient (Wildman–Crippen LogP) is 2.25. The van der Waals surface area contributed by atoms with Crippen LogP contribution < -0.4 is 4.90 Å². The summed E-state index contributed by atoms with van der Waals surface area (Å²) in [6, 6.07) is 8.21. The number of anilines is 1. The molecule has 1 rings (SSSR count). The number of aryl methyl sites for hydroxylation is 1. The van der Waals surface area contributed by atoms with E-state index in [9.17, 15) is 4.79 Å². The molecule has 3 heteroatoms. The number of nitrogens with zero attached hydrogens (tertiary/aromatic N) is 1. The Kier molecular flexibility index (Phi) is 4.83. The number of carbonyl (C=O) groups excluding carboxylic acids is 1. The lowest BCUT2D eigenvalue weighted by Crippen LogP contribution is -2.27. The normalized spacial score (nSPS) is 9.94. The van der Waals surface area contributed by atoms with Gasteiger partial charge < -0.3 is 9.64 Å². The van der Waals surface area contributed by atoms with Crippen LogP contribution in [0.5, 0.6) is 0 Å². The molecule has 0 saturated heterocycles. The first-order valence-corrected chi connectivity index (χ1v) is 5.63.